The number of aliphatic imine (C=N–C) groups is 1. The first-order valence-electron chi connectivity index (χ1n) is 10.2. The molecule has 28 heavy (non-hydrogen) atoms. The molecule has 1 aliphatic carbocycles. The van der Waals surface area contributed by atoms with Crippen molar-refractivity contribution in [1.82, 2.24) is 15.5 Å². The van der Waals surface area contributed by atoms with Crippen LogP contribution in [0.5, 0.6) is 11.5 Å². The van der Waals surface area contributed by atoms with Gasteiger partial charge in [-0.3, -0.25) is 9.89 Å². The number of halogens is 1. The maximum absolute atomic E-state index is 5.95. The van der Waals surface area contributed by atoms with Gasteiger partial charge in [-0.1, -0.05) is 12.8 Å². The number of likely N-dealkylation sites (tertiary alicyclic amines) is 1. The van der Waals surface area contributed by atoms with Crippen LogP contribution in [0.15, 0.2) is 29.3 Å². The number of ether oxygens (including phenoxy) is 2. The molecule has 2 aliphatic rings. The van der Waals surface area contributed by atoms with Gasteiger partial charge in [0.15, 0.2) is 5.96 Å². The summed E-state index contributed by atoms with van der Waals surface area (Å²) in [6, 6.07) is 8.97. The van der Waals surface area contributed by atoms with Crippen molar-refractivity contribution < 1.29 is 9.47 Å². The van der Waals surface area contributed by atoms with E-state index in [-0.39, 0.29) is 30.1 Å². The maximum Gasteiger partial charge on any atom is 0.191 e. The Morgan fingerprint density at radius 3 is 2.50 bits per heavy atom. The summed E-state index contributed by atoms with van der Waals surface area (Å²) < 4.78 is 11.1. The summed E-state index contributed by atoms with van der Waals surface area (Å²) in [6.45, 7) is 5.09. The predicted molar refractivity (Wildman–Crippen MR) is 125 cm³/mol. The van der Waals surface area contributed by atoms with Crippen LogP contribution < -0.4 is 20.1 Å². The van der Waals surface area contributed by atoms with Crippen molar-refractivity contribution in [2.75, 3.05) is 33.8 Å². The van der Waals surface area contributed by atoms with Crippen LogP contribution in [0.1, 0.15) is 39.0 Å². The van der Waals surface area contributed by atoms with Gasteiger partial charge in [-0.2, -0.15) is 0 Å². The van der Waals surface area contributed by atoms with Gasteiger partial charge < -0.3 is 20.1 Å². The van der Waals surface area contributed by atoms with Crippen molar-refractivity contribution in [2.24, 2.45) is 4.99 Å². The van der Waals surface area contributed by atoms with E-state index in [0.717, 1.165) is 30.0 Å². The molecule has 2 atom stereocenters. The molecule has 1 saturated carbocycles. The highest BCUT2D eigenvalue weighted by Crippen LogP contribution is 2.26. The van der Waals surface area contributed by atoms with E-state index in [4.69, 9.17) is 9.47 Å². The topological polar surface area (TPSA) is 58.1 Å². The number of nitrogens with one attached hydrogen (secondary N) is 2. The first kappa shape index (κ1) is 23.1. The molecular formula is C21H35IN4O2. The van der Waals surface area contributed by atoms with Crippen molar-refractivity contribution in [1.29, 1.82) is 0 Å². The zero-order valence-corrected chi connectivity index (χ0v) is 19.6. The van der Waals surface area contributed by atoms with Gasteiger partial charge in [0, 0.05) is 32.2 Å². The fourth-order valence-corrected chi connectivity index (χ4v) is 4.06. The Balaban J connectivity index is 0.00000280. The van der Waals surface area contributed by atoms with Crippen LogP contribution in [-0.4, -0.2) is 62.8 Å². The van der Waals surface area contributed by atoms with E-state index < -0.39 is 0 Å². The summed E-state index contributed by atoms with van der Waals surface area (Å²) in [7, 11) is 3.49. The van der Waals surface area contributed by atoms with E-state index in [1.165, 1.54) is 38.6 Å². The summed E-state index contributed by atoms with van der Waals surface area (Å²) >= 11 is 0. The van der Waals surface area contributed by atoms with Crippen LogP contribution >= 0.6 is 24.0 Å². The van der Waals surface area contributed by atoms with Crippen LogP contribution in [-0.2, 0) is 0 Å². The highest BCUT2D eigenvalue weighted by molar-refractivity contribution is 14.0. The second-order valence-electron chi connectivity index (χ2n) is 7.62. The van der Waals surface area contributed by atoms with Gasteiger partial charge in [0.25, 0.3) is 0 Å². The molecule has 1 aromatic rings. The molecule has 0 radical (unpaired) electrons. The maximum atomic E-state index is 5.95. The lowest BCUT2D eigenvalue weighted by atomic mass is 10.2. The van der Waals surface area contributed by atoms with E-state index >= 15 is 0 Å². The smallest absolute Gasteiger partial charge is 0.191 e. The number of benzene rings is 1. The van der Waals surface area contributed by atoms with Gasteiger partial charge >= 0.3 is 0 Å². The van der Waals surface area contributed by atoms with Crippen molar-refractivity contribution in [3.05, 3.63) is 24.3 Å². The summed E-state index contributed by atoms with van der Waals surface area (Å²) in [5.41, 5.74) is 0. The van der Waals surface area contributed by atoms with Crippen LogP contribution in [0.3, 0.4) is 0 Å². The number of hydrogen-bond donors (Lipinski definition) is 2. The first-order valence-corrected chi connectivity index (χ1v) is 10.2. The van der Waals surface area contributed by atoms with Crippen LogP contribution in [0, 0.1) is 0 Å². The minimum Gasteiger partial charge on any atom is -0.497 e. The monoisotopic (exact) mass is 502 g/mol. The van der Waals surface area contributed by atoms with Crippen LogP contribution in [0.2, 0.25) is 0 Å². The van der Waals surface area contributed by atoms with Crippen molar-refractivity contribution >= 4 is 29.9 Å². The normalized spacial score (nSPS) is 21.8. The molecule has 2 fully saturated rings. The Kier molecular flexibility index (Phi) is 9.64. The number of rotatable bonds is 7. The zero-order chi connectivity index (χ0) is 19.1. The molecular weight excluding hydrogens is 467 g/mol. The molecule has 0 bridgehead atoms. The summed E-state index contributed by atoms with van der Waals surface area (Å²) in [5.74, 6) is 2.54. The molecule has 1 heterocycles. The molecule has 1 aromatic carbocycles. The lowest BCUT2D eigenvalue weighted by Gasteiger charge is -2.24. The minimum absolute atomic E-state index is 0. The van der Waals surface area contributed by atoms with Crippen LogP contribution in [0.25, 0.3) is 0 Å². The fraction of sp³-hybridized carbons (Fsp3) is 0.667. The molecule has 0 amide bonds. The van der Waals surface area contributed by atoms with Gasteiger partial charge in [-0.25, -0.2) is 0 Å². The van der Waals surface area contributed by atoms with E-state index in [0.29, 0.717) is 12.6 Å². The highest BCUT2D eigenvalue weighted by atomic mass is 127. The Bertz CT molecular complexity index is 605. The van der Waals surface area contributed by atoms with E-state index in [1.807, 2.05) is 31.3 Å². The fourth-order valence-electron chi connectivity index (χ4n) is 4.06. The Hall–Kier alpha value is -1.22. The Morgan fingerprint density at radius 1 is 1.18 bits per heavy atom. The molecule has 158 valence electrons. The first-order chi connectivity index (χ1) is 13.2. The summed E-state index contributed by atoms with van der Waals surface area (Å²) in [4.78, 5) is 7.04. The molecule has 3 rings (SSSR count). The van der Waals surface area contributed by atoms with Crippen molar-refractivity contribution in [3.63, 3.8) is 0 Å². The zero-order valence-electron chi connectivity index (χ0n) is 17.3. The van der Waals surface area contributed by atoms with Crippen molar-refractivity contribution in [2.45, 2.75) is 57.2 Å². The van der Waals surface area contributed by atoms with Gasteiger partial charge in [0.2, 0.25) is 0 Å². The van der Waals surface area contributed by atoms with Gasteiger partial charge in [-0.05, 0) is 50.5 Å². The molecule has 0 aromatic heterocycles. The molecule has 6 nitrogen and oxygen atoms in total. The Morgan fingerprint density at radius 2 is 1.86 bits per heavy atom. The number of methoxy groups -OCH3 is 1. The standard InChI is InChI=1S/C21H34N4O2.HI/c1-16(27-20-10-8-19(26-3)9-11-20)14-23-21(22-2)24-17-12-13-25(15-17)18-6-4-5-7-18;/h8-11,16-18H,4-7,12-15H2,1-3H3,(H2,22,23,24);1H. The number of guanidine groups is 1. The number of hydrogen-bond acceptors (Lipinski definition) is 4. The van der Waals surface area contributed by atoms with Crippen molar-refractivity contribution in [3.8, 4) is 11.5 Å². The average molecular weight is 502 g/mol. The third-order valence-electron chi connectivity index (χ3n) is 5.58. The lowest BCUT2D eigenvalue weighted by molar-refractivity contribution is 0.223. The molecule has 2 unspecified atom stereocenters. The highest BCUT2D eigenvalue weighted by Gasteiger charge is 2.30. The average Bonchev–Trinajstić information content (AvgIpc) is 3.37. The van der Waals surface area contributed by atoms with Gasteiger partial charge in [0.05, 0.1) is 13.7 Å². The quantitative estimate of drug-likeness (QED) is 0.341. The van der Waals surface area contributed by atoms with E-state index in [1.54, 1.807) is 7.11 Å². The molecule has 7 heteroatoms. The summed E-state index contributed by atoms with van der Waals surface area (Å²) in [5, 5.41) is 6.97. The second kappa shape index (κ2) is 11.7. The minimum atomic E-state index is 0. The Labute approximate surface area is 186 Å². The third-order valence-corrected chi connectivity index (χ3v) is 5.58. The van der Waals surface area contributed by atoms with Crippen LogP contribution in [0.4, 0.5) is 0 Å². The van der Waals surface area contributed by atoms with Gasteiger partial charge in [-0.15, -0.1) is 24.0 Å². The van der Waals surface area contributed by atoms with E-state index in [2.05, 4.69) is 27.4 Å². The lowest BCUT2D eigenvalue weighted by Crippen LogP contribution is -2.47. The SMILES string of the molecule is CN=C(NCC(C)Oc1ccc(OC)cc1)NC1CCN(C2CCCC2)C1.I. The number of nitrogens with zero attached hydrogens (tertiary/aromatic N) is 2. The molecule has 1 saturated heterocycles. The molecule has 0 spiro atoms. The second-order valence-corrected chi connectivity index (χ2v) is 7.62. The molecule has 2 N–H and O–H groups in total. The largest absolute Gasteiger partial charge is 0.497 e. The predicted octanol–water partition coefficient (Wildman–Crippen LogP) is 3.26. The van der Waals surface area contributed by atoms with E-state index in [9.17, 15) is 0 Å². The molecule has 1 aliphatic heterocycles. The summed E-state index contributed by atoms with van der Waals surface area (Å²) in [6.07, 6.45) is 6.77. The third kappa shape index (κ3) is 6.69. The van der Waals surface area contributed by atoms with Gasteiger partial charge in [0.1, 0.15) is 17.6 Å².